The minimum Gasteiger partial charge on any atom is -0.409 e. The number of oxime groups is 1. The predicted octanol–water partition coefficient (Wildman–Crippen LogP) is 1.26. The molecule has 5 nitrogen and oxygen atoms in total. The number of rotatable bonds is 5. The van der Waals surface area contributed by atoms with Crippen LogP contribution in [0.5, 0.6) is 0 Å². The topological polar surface area (TPSA) is 87.7 Å². The average Bonchev–Trinajstić information content (AvgIpc) is 2.34. The van der Waals surface area contributed by atoms with Crippen LogP contribution in [0.15, 0.2) is 29.4 Å². The van der Waals surface area contributed by atoms with Gasteiger partial charge in [-0.05, 0) is 23.6 Å². The summed E-state index contributed by atoms with van der Waals surface area (Å²) < 4.78 is 13.0. The molecule has 1 aromatic rings. The van der Waals surface area contributed by atoms with Gasteiger partial charge in [0.2, 0.25) is 5.91 Å². The zero-order valence-corrected chi connectivity index (χ0v) is 10.9. The van der Waals surface area contributed by atoms with Crippen LogP contribution in [0.25, 0.3) is 0 Å². The molecule has 1 aromatic carbocycles. The Kier molecular flexibility index (Phi) is 5.29. The first-order valence-corrected chi connectivity index (χ1v) is 5.95. The lowest BCUT2D eigenvalue weighted by Gasteiger charge is -2.20. The standard InChI is InChI=1S/C13H18FN3O2/c1-8(2)12(13(15)17-19)16-11(18)7-9-4-3-5-10(14)6-9/h3-6,8,12,19H,7H2,1-2H3,(H2,15,17)(H,16,18). The Balaban J connectivity index is 2.68. The second-order valence-corrected chi connectivity index (χ2v) is 4.62. The minimum atomic E-state index is -0.550. The van der Waals surface area contributed by atoms with Gasteiger partial charge in [-0.3, -0.25) is 4.79 Å². The Morgan fingerprint density at radius 2 is 2.21 bits per heavy atom. The molecule has 104 valence electrons. The largest absolute Gasteiger partial charge is 0.409 e. The molecule has 1 amide bonds. The van der Waals surface area contributed by atoms with Gasteiger partial charge >= 0.3 is 0 Å². The zero-order chi connectivity index (χ0) is 14.4. The molecular weight excluding hydrogens is 249 g/mol. The number of amides is 1. The molecule has 6 heteroatoms. The summed E-state index contributed by atoms with van der Waals surface area (Å²) in [6.07, 6.45) is 0.0414. The van der Waals surface area contributed by atoms with E-state index in [2.05, 4.69) is 10.5 Å². The molecule has 0 bridgehead atoms. The van der Waals surface area contributed by atoms with Crippen molar-refractivity contribution in [3.05, 3.63) is 35.6 Å². The third kappa shape index (κ3) is 4.57. The SMILES string of the molecule is CC(C)C(NC(=O)Cc1cccc(F)c1)C(N)=NO. The number of benzene rings is 1. The molecule has 0 heterocycles. The first kappa shape index (κ1) is 14.9. The fourth-order valence-electron chi connectivity index (χ4n) is 1.70. The first-order chi connectivity index (χ1) is 8.93. The van der Waals surface area contributed by atoms with Gasteiger partial charge in [0.05, 0.1) is 12.5 Å². The van der Waals surface area contributed by atoms with Crippen molar-refractivity contribution in [3.63, 3.8) is 0 Å². The van der Waals surface area contributed by atoms with Crippen LogP contribution < -0.4 is 11.1 Å². The molecule has 0 saturated heterocycles. The van der Waals surface area contributed by atoms with Gasteiger partial charge in [-0.25, -0.2) is 4.39 Å². The summed E-state index contributed by atoms with van der Waals surface area (Å²) in [5.41, 5.74) is 6.08. The molecule has 1 unspecified atom stereocenters. The smallest absolute Gasteiger partial charge is 0.225 e. The van der Waals surface area contributed by atoms with Crippen LogP contribution >= 0.6 is 0 Å². The van der Waals surface area contributed by atoms with Crippen molar-refractivity contribution >= 4 is 11.7 Å². The third-order valence-electron chi connectivity index (χ3n) is 2.67. The van der Waals surface area contributed by atoms with Crippen molar-refractivity contribution in [2.45, 2.75) is 26.3 Å². The van der Waals surface area contributed by atoms with Gasteiger partial charge in [-0.1, -0.05) is 31.1 Å². The van der Waals surface area contributed by atoms with Gasteiger partial charge in [0.1, 0.15) is 5.82 Å². The number of nitrogens with one attached hydrogen (secondary N) is 1. The number of halogens is 1. The maximum atomic E-state index is 13.0. The number of hydrogen-bond donors (Lipinski definition) is 3. The molecule has 4 N–H and O–H groups in total. The van der Waals surface area contributed by atoms with Crippen LogP contribution in [0.2, 0.25) is 0 Å². The van der Waals surface area contributed by atoms with Crippen molar-refractivity contribution in [2.24, 2.45) is 16.8 Å². The molecule has 1 rings (SSSR count). The third-order valence-corrected chi connectivity index (χ3v) is 2.67. The lowest BCUT2D eigenvalue weighted by molar-refractivity contribution is -0.121. The van der Waals surface area contributed by atoms with Crippen LogP contribution in [-0.2, 0) is 11.2 Å². The van der Waals surface area contributed by atoms with E-state index < -0.39 is 6.04 Å². The van der Waals surface area contributed by atoms with E-state index in [1.165, 1.54) is 12.1 Å². The zero-order valence-electron chi connectivity index (χ0n) is 10.9. The van der Waals surface area contributed by atoms with E-state index in [0.29, 0.717) is 5.56 Å². The van der Waals surface area contributed by atoms with Crippen molar-refractivity contribution < 1.29 is 14.4 Å². The summed E-state index contributed by atoms with van der Waals surface area (Å²) >= 11 is 0. The fraction of sp³-hybridized carbons (Fsp3) is 0.385. The minimum absolute atomic E-state index is 0.0210. The van der Waals surface area contributed by atoms with Crippen molar-refractivity contribution in [1.29, 1.82) is 0 Å². The second-order valence-electron chi connectivity index (χ2n) is 4.62. The first-order valence-electron chi connectivity index (χ1n) is 5.95. The maximum Gasteiger partial charge on any atom is 0.225 e. The van der Waals surface area contributed by atoms with E-state index in [0.717, 1.165) is 0 Å². The summed E-state index contributed by atoms with van der Waals surface area (Å²) in [7, 11) is 0. The molecule has 19 heavy (non-hydrogen) atoms. The van der Waals surface area contributed by atoms with Gasteiger partial charge in [-0.15, -0.1) is 0 Å². The second kappa shape index (κ2) is 6.72. The highest BCUT2D eigenvalue weighted by atomic mass is 19.1. The Hall–Kier alpha value is -2.11. The Bertz CT molecular complexity index is 475. The molecule has 1 atom stereocenters. The molecule has 0 saturated carbocycles. The lowest BCUT2D eigenvalue weighted by atomic mass is 10.0. The summed E-state index contributed by atoms with van der Waals surface area (Å²) in [6, 6.07) is 5.27. The van der Waals surface area contributed by atoms with Crippen molar-refractivity contribution in [2.75, 3.05) is 0 Å². The fourth-order valence-corrected chi connectivity index (χ4v) is 1.70. The van der Waals surface area contributed by atoms with Crippen LogP contribution in [0, 0.1) is 11.7 Å². The van der Waals surface area contributed by atoms with Gasteiger partial charge in [0, 0.05) is 0 Å². The number of hydrogen-bond acceptors (Lipinski definition) is 3. The van der Waals surface area contributed by atoms with Crippen molar-refractivity contribution in [1.82, 2.24) is 5.32 Å². The molecule has 0 spiro atoms. The molecule has 0 fully saturated rings. The van der Waals surface area contributed by atoms with Gasteiger partial charge < -0.3 is 16.3 Å². The van der Waals surface area contributed by atoms with E-state index in [-0.39, 0.29) is 29.9 Å². The summed E-state index contributed by atoms with van der Waals surface area (Å²) in [5, 5.41) is 14.2. The number of amidine groups is 1. The van der Waals surface area contributed by atoms with E-state index in [1.807, 2.05) is 13.8 Å². The van der Waals surface area contributed by atoms with Crippen LogP contribution in [0.4, 0.5) is 4.39 Å². The van der Waals surface area contributed by atoms with Crippen LogP contribution in [0.3, 0.4) is 0 Å². The van der Waals surface area contributed by atoms with Crippen LogP contribution in [-0.4, -0.2) is 23.0 Å². The Labute approximate surface area is 111 Å². The highest BCUT2D eigenvalue weighted by Gasteiger charge is 2.20. The normalized spacial score (nSPS) is 13.4. The number of carbonyl (C=O) groups is 1. The monoisotopic (exact) mass is 267 g/mol. The highest BCUT2D eigenvalue weighted by molar-refractivity contribution is 5.90. The van der Waals surface area contributed by atoms with Gasteiger partial charge in [0.15, 0.2) is 5.84 Å². The number of nitrogens with two attached hydrogens (primary N) is 1. The maximum absolute atomic E-state index is 13.0. The van der Waals surface area contributed by atoms with E-state index in [1.54, 1.807) is 12.1 Å². The van der Waals surface area contributed by atoms with E-state index >= 15 is 0 Å². The molecule has 0 aliphatic heterocycles. The molecule has 0 aliphatic rings. The Morgan fingerprint density at radius 1 is 1.53 bits per heavy atom. The summed E-state index contributed by atoms with van der Waals surface area (Å²) in [4.78, 5) is 11.8. The number of nitrogens with zero attached hydrogens (tertiary/aromatic N) is 1. The number of carbonyl (C=O) groups excluding carboxylic acids is 1. The van der Waals surface area contributed by atoms with E-state index in [9.17, 15) is 9.18 Å². The van der Waals surface area contributed by atoms with Crippen molar-refractivity contribution in [3.8, 4) is 0 Å². The van der Waals surface area contributed by atoms with Crippen LogP contribution in [0.1, 0.15) is 19.4 Å². The lowest BCUT2D eigenvalue weighted by Crippen LogP contribution is -2.48. The predicted molar refractivity (Wildman–Crippen MR) is 70.3 cm³/mol. The van der Waals surface area contributed by atoms with E-state index in [4.69, 9.17) is 10.9 Å². The van der Waals surface area contributed by atoms with Gasteiger partial charge in [0.25, 0.3) is 0 Å². The average molecular weight is 267 g/mol. The Morgan fingerprint density at radius 3 is 2.74 bits per heavy atom. The highest BCUT2D eigenvalue weighted by Crippen LogP contribution is 2.06. The summed E-state index contributed by atoms with van der Waals surface area (Å²) in [5.74, 6) is -0.770. The quantitative estimate of drug-likeness (QED) is 0.325. The molecule has 0 radical (unpaired) electrons. The molecule has 0 aliphatic carbocycles. The molecular formula is C13H18FN3O2. The molecule has 0 aromatic heterocycles. The summed E-state index contributed by atoms with van der Waals surface area (Å²) in [6.45, 7) is 3.68. The van der Waals surface area contributed by atoms with Gasteiger partial charge in [-0.2, -0.15) is 0 Å².